The predicted octanol–water partition coefficient (Wildman–Crippen LogP) is 4.03. The maximum Gasteiger partial charge on any atom is 0.272 e. The SMILES string of the molecule is COc1cc(C)c(CN2CCN(C(=O)c3cc(C4CC4)nn3-c3ccccc3)CC2)cc1OC. The van der Waals surface area contributed by atoms with Crippen molar-refractivity contribution in [2.24, 2.45) is 0 Å². The quantitative estimate of drug-likeness (QED) is 0.533. The van der Waals surface area contributed by atoms with Gasteiger partial charge in [-0.1, -0.05) is 18.2 Å². The van der Waals surface area contributed by atoms with Crippen molar-refractivity contribution < 1.29 is 14.3 Å². The first-order valence-corrected chi connectivity index (χ1v) is 12.0. The highest BCUT2D eigenvalue weighted by atomic mass is 16.5. The van der Waals surface area contributed by atoms with Crippen molar-refractivity contribution in [3.8, 4) is 17.2 Å². The first-order chi connectivity index (χ1) is 16.6. The molecule has 178 valence electrons. The van der Waals surface area contributed by atoms with Gasteiger partial charge in [-0.25, -0.2) is 4.68 Å². The van der Waals surface area contributed by atoms with Gasteiger partial charge in [0.15, 0.2) is 11.5 Å². The molecule has 2 fully saturated rings. The van der Waals surface area contributed by atoms with Gasteiger partial charge in [-0.3, -0.25) is 9.69 Å². The predicted molar refractivity (Wildman–Crippen MR) is 131 cm³/mol. The average molecular weight is 461 g/mol. The fourth-order valence-corrected chi connectivity index (χ4v) is 4.60. The maximum atomic E-state index is 13.5. The number of carbonyl (C=O) groups is 1. The summed E-state index contributed by atoms with van der Waals surface area (Å²) in [4.78, 5) is 17.9. The molecule has 7 heteroatoms. The molecule has 2 aliphatic rings. The highest BCUT2D eigenvalue weighted by Gasteiger charge is 2.31. The molecule has 0 atom stereocenters. The minimum Gasteiger partial charge on any atom is -0.493 e. The molecule has 1 aliphatic carbocycles. The summed E-state index contributed by atoms with van der Waals surface area (Å²) in [5.74, 6) is 2.06. The molecule has 5 rings (SSSR count). The Morgan fingerprint density at radius 2 is 1.65 bits per heavy atom. The molecule has 34 heavy (non-hydrogen) atoms. The second-order valence-corrected chi connectivity index (χ2v) is 9.18. The highest BCUT2D eigenvalue weighted by Crippen LogP contribution is 2.40. The fourth-order valence-electron chi connectivity index (χ4n) is 4.60. The van der Waals surface area contributed by atoms with Gasteiger partial charge < -0.3 is 14.4 Å². The minimum absolute atomic E-state index is 0.0604. The summed E-state index contributed by atoms with van der Waals surface area (Å²) < 4.78 is 12.7. The number of methoxy groups -OCH3 is 2. The van der Waals surface area contributed by atoms with Gasteiger partial charge in [-0.15, -0.1) is 0 Å². The normalized spacial score (nSPS) is 16.5. The number of para-hydroxylation sites is 1. The molecule has 0 unspecified atom stereocenters. The van der Waals surface area contributed by atoms with E-state index < -0.39 is 0 Å². The van der Waals surface area contributed by atoms with Crippen molar-refractivity contribution in [3.63, 3.8) is 0 Å². The zero-order valence-corrected chi connectivity index (χ0v) is 20.2. The summed E-state index contributed by atoms with van der Waals surface area (Å²) in [6.07, 6.45) is 2.32. The second kappa shape index (κ2) is 9.50. The lowest BCUT2D eigenvalue weighted by atomic mass is 10.1. The first kappa shape index (κ1) is 22.5. The lowest BCUT2D eigenvalue weighted by Crippen LogP contribution is -2.48. The third-order valence-corrected chi connectivity index (χ3v) is 6.84. The van der Waals surface area contributed by atoms with Crippen LogP contribution in [0.1, 0.15) is 46.1 Å². The van der Waals surface area contributed by atoms with E-state index in [0.717, 1.165) is 55.4 Å². The van der Waals surface area contributed by atoms with Crippen LogP contribution in [-0.4, -0.2) is 65.9 Å². The van der Waals surface area contributed by atoms with Gasteiger partial charge in [0.1, 0.15) is 5.69 Å². The van der Waals surface area contributed by atoms with Crippen LogP contribution in [0.15, 0.2) is 48.5 Å². The number of hydrogen-bond acceptors (Lipinski definition) is 5. The molecule has 2 heterocycles. The van der Waals surface area contributed by atoms with E-state index in [0.29, 0.717) is 24.7 Å². The molecule has 0 bridgehead atoms. The van der Waals surface area contributed by atoms with Crippen molar-refractivity contribution in [1.29, 1.82) is 0 Å². The Balaban J connectivity index is 1.28. The summed E-state index contributed by atoms with van der Waals surface area (Å²) in [7, 11) is 3.32. The van der Waals surface area contributed by atoms with Crippen molar-refractivity contribution in [2.75, 3.05) is 40.4 Å². The highest BCUT2D eigenvalue weighted by molar-refractivity contribution is 5.93. The largest absolute Gasteiger partial charge is 0.493 e. The fraction of sp³-hybridized carbons (Fsp3) is 0.407. The second-order valence-electron chi connectivity index (χ2n) is 9.18. The summed E-state index contributed by atoms with van der Waals surface area (Å²) in [5, 5.41) is 4.81. The van der Waals surface area contributed by atoms with Crippen LogP contribution in [0.25, 0.3) is 5.69 Å². The monoisotopic (exact) mass is 460 g/mol. The Hall–Kier alpha value is -3.32. The van der Waals surface area contributed by atoms with Gasteiger partial charge in [0.25, 0.3) is 5.91 Å². The standard InChI is InChI=1S/C27H32N4O3/c1-19-15-25(33-2)26(34-3)16-21(19)18-29-11-13-30(14-12-29)27(32)24-17-23(20-9-10-20)28-31(24)22-7-5-4-6-8-22/h4-8,15-17,20H,9-14,18H2,1-3H3. The molecule has 1 saturated heterocycles. The molecule has 1 aromatic heterocycles. The number of amides is 1. The van der Waals surface area contributed by atoms with Gasteiger partial charge in [0.05, 0.1) is 25.6 Å². The summed E-state index contributed by atoms with van der Waals surface area (Å²) in [5.41, 5.74) is 5.02. The van der Waals surface area contributed by atoms with E-state index in [1.54, 1.807) is 14.2 Å². The third kappa shape index (κ3) is 4.53. The minimum atomic E-state index is 0.0604. The number of benzene rings is 2. The van der Waals surface area contributed by atoms with Crippen LogP contribution < -0.4 is 9.47 Å². The van der Waals surface area contributed by atoms with Crippen LogP contribution >= 0.6 is 0 Å². The Morgan fingerprint density at radius 3 is 2.29 bits per heavy atom. The summed E-state index contributed by atoms with van der Waals surface area (Å²) >= 11 is 0. The molecule has 0 radical (unpaired) electrons. The van der Waals surface area contributed by atoms with Crippen molar-refractivity contribution in [1.82, 2.24) is 19.6 Å². The molecule has 1 aliphatic heterocycles. The van der Waals surface area contributed by atoms with E-state index in [-0.39, 0.29) is 5.91 Å². The van der Waals surface area contributed by atoms with Crippen molar-refractivity contribution in [2.45, 2.75) is 32.2 Å². The van der Waals surface area contributed by atoms with Crippen molar-refractivity contribution >= 4 is 5.91 Å². The van der Waals surface area contributed by atoms with E-state index in [2.05, 4.69) is 17.9 Å². The van der Waals surface area contributed by atoms with Crippen LogP contribution in [-0.2, 0) is 6.54 Å². The van der Waals surface area contributed by atoms with Crippen LogP contribution in [0, 0.1) is 6.92 Å². The zero-order chi connectivity index (χ0) is 23.7. The summed E-state index contributed by atoms with van der Waals surface area (Å²) in [6, 6.07) is 16.0. The molecular weight excluding hydrogens is 428 g/mol. The number of hydrogen-bond donors (Lipinski definition) is 0. The van der Waals surface area contributed by atoms with E-state index in [4.69, 9.17) is 14.6 Å². The van der Waals surface area contributed by atoms with Crippen molar-refractivity contribution in [3.05, 3.63) is 71.0 Å². The van der Waals surface area contributed by atoms with Gasteiger partial charge in [-0.05, 0) is 61.2 Å². The summed E-state index contributed by atoms with van der Waals surface area (Å²) in [6.45, 7) is 5.97. The smallest absolute Gasteiger partial charge is 0.272 e. The molecule has 3 aromatic rings. The van der Waals surface area contributed by atoms with Gasteiger partial charge in [0, 0.05) is 38.6 Å². The average Bonchev–Trinajstić information content (AvgIpc) is 3.63. The molecule has 7 nitrogen and oxygen atoms in total. The number of aryl methyl sites for hydroxylation is 1. The Labute approximate surface area is 200 Å². The van der Waals surface area contributed by atoms with Gasteiger partial charge in [-0.2, -0.15) is 5.10 Å². The number of carbonyl (C=O) groups excluding carboxylic acids is 1. The van der Waals surface area contributed by atoms with Gasteiger partial charge in [0.2, 0.25) is 0 Å². The van der Waals surface area contributed by atoms with Crippen LogP contribution in [0.5, 0.6) is 11.5 Å². The Kier molecular flexibility index (Phi) is 6.28. The van der Waals surface area contributed by atoms with E-state index in [1.165, 1.54) is 11.1 Å². The molecule has 1 saturated carbocycles. The number of rotatable bonds is 7. The van der Waals surface area contributed by atoms with Crippen LogP contribution in [0.2, 0.25) is 0 Å². The lowest BCUT2D eigenvalue weighted by Gasteiger charge is -2.35. The molecule has 0 spiro atoms. The molecule has 0 N–H and O–H groups in total. The van der Waals surface area contributed by atoms with Crippen LogP contribution in [0.4, 0.5) is 0 Å². The van der Waals surface area contributed by atoms with E-state index >= 15 is 0 Å². The third-order valence-electron chi connectivity index (χ3n) is 6.84. The number of aromatic nitrogens is 2. The lowest BCUT2D eigenvalue weighted by molar-refractivity contribution is 0.0619. The Bertz CT molecular complexity index is 1160. The number of piperazine rings is 1. The topological polar surface area (TPSA) is 59.8 Å². The molecule has 1 amide bonds. The number of ether oxygens (including phenoxy) is 2. The Morgan fingerprint density at radius 1 is 0.971 bits per heavy atom. The van der Waals surface area contributed by atoms with E-state index in [9.17, 15) is 4.79 Å². The van der Waals surface area contributed by atoms with E-state index in [1.807, 2.05) is 52.0 Å². The maximum absolute atomic E-state index is 13.5. The molecular formula is C27H32N4O3. The zero-order valence-electron chi connectivity index (χ0n) is 20.2. The van der Waals surface area contributed by atoms with Gasteiger partial charge >= 0.3 is 0 Å². The first-order valence-electron chi connectivity index (χ1n) is 12.0. The molecule has 2 aromatic carbocycles. The van der Waals surface area contributed by atoms with Crippen LogP contribution in [0.3, 0.4) is 0 Å². The number of nitrogens with zero attached hydrogens (tertiary/aromatic N) is 4.